The molecule has 3 aliphatic carbocycles. The van der Waals surface area contributed by atoms with Gasteiger partial charge in [0.05, 0.1) is 25.6 Å². The van der Waals surface area contributed by atoms with Gasteiger partial charge < -0.3 is 36.4 Å². The third-order valence-electron chi connectivity index (χ3n) is 8.28. The van der Waals surface area contributed by atoms with Crippen LogP contribution in [0.1, 0.15) is 43.2 Å². The summed E-state index contributed by atoms with van der Waals surface area (Å²) in [6, 6.07) is 3.77. The summed E-state index contributed by atoms with van der Waals surface area (Å²) in [5.74, 6) is 1.42. The zero-order chi connectivity index (χ0) is 17.9. The SMILES string of the molecule is C[N+]1(CC2CC2)CC[C@]23c4c5ccc(O)c4O[C@H]2C(=O)CC[C@@]3(O)C1C5.[Br-]. The lowest BCUT2D eigenvalue weighted by Gasteiger charge is -2.64. The van der Waals surface area contributed by atoms with Crippen LogP contribution in [0.15, 0.2) is 12.1 Å². The Morgan fingerprint density at radius 2 is 2.07 bits per heavy atom. The van der Waals surface area contributed by atoms with Crippen LogP contribution in [-0.4, -0.2) is 58.4 Å². The van der Waals surface area contributed by atoms with Gasteiger partial charge in [-0.1, -0.05) is 6.07 Å². The number of nitrogens with zero attached hydrogens (tertiary/aromatic N) is 1. The van der Waals surface area contributed by atoms with Gasteiger partial charge in [-0.2, -0.15) is 0 Å². The van der Waals surface area contributed by atoms with E-state index in [-0.39, 0.29) is 34.6 Å². The molecule has 2 aliphatic heterocycles. The second-order valence-electron chi connectivity index (χ2n) is 9.61. The van der Waals surface area contributed by atoms with Crippen LogP contribution in [-0.2, 0) is 16.6 Å². The number of quaternary nitrogens is 1. The number of phenolic OH excluding ortho intramolecular Hbond substituents is 1. The van der Waals surface area contributed by atoms with Crippen LogP contribution in [0.4, 0.5) is 0 Å². The molecule has 2 heterocycles. The molecule has 27 heavy (non-hydrogen) atoms. The van der Waals surface area contributed by atoms with E-state index in [2.05, 4.69) is 7.05 Å². The summed E-state index contributed by atoms with van der Waals surface area (Å²) in [5, 5.41) is 22.5. The lowest BCUT2D eigenvalue weighted by Crippen LogP contribution is -3.00. The number of piperidine rings is 1. The molecule has 2 bridgehead atoms. The average molecular weight is 436 g/mol. The minimum absolute atomic E-state index is 0. The van der Waals surface area contributed by atoms with Crippen LogP contribution >= 0.6 is 0 Å². The van der Waals surface area contributed by atoms with E-state index in [9.17, 15) is 15.0 Å². The molecule has 1 spiro atoms. The summed E-state index contributed by atoms with van der Waals surface area (Å²) in [7, 11) is 2.31. The van der Waals surface area contributed by atoms with Gasteiger partial charge in [-0.15, -0.1) is 0 Å². The molecule has 2 saturated carbocycles. The van der Waals surface area contributed by atoms with Crippen molar-refractivity contribution in [1.29, 1.82) is 0 Å². The van der Waals surface area contributed by atoms with Gasteiger partial charge in [0, 0.05) is 30.7 Å². The molecular formula is C21H26BrNO4. The van der Waals surface area contributed by atoms with E-state index >= 15 is 0 Å². The summed E-state index contributed by atoms with van der Waals surface area (Å²) >= 11 is 0. The summed E-state index contributed by atoms with van der Waals surface area (Å²) in [5.41, 5.74) is 0.492. The van der Waals surface area contributed by atoms with Crippen LogP contribution in [0.5, 0.6) is 11.5 Å². The molecule has 0 radical (unpaired) electrons. The Morgan fingerprint density at radius 1 is 1.30 bits per heavy atom. The van der Waals surface area contributed by atoms with E-state index in [1.54, 1.807) is 6.07 Å². The Bertz CT molecular complexity index is 855. The molecule has 6 rings (SSSR count). The van der Waals surface area contributed by atoms with Gasteiger partial charge in [0.2, 0.25) is 0 Å². The normalized spacial score (nSPS) is 43.6. The van der Waals surface area contributed by atoms with Crippen LogP contribution in [0, 0.1) is 5.92 Å². The number of benzene rings is 1. The molecule has 1 aromatic carbocycles. The molecule has 5 nitrogen and oxygen atoms in total. The molecule has 146 valence electrons. The Hall–Kier alpha value is -1.11. The largest absolute Gasteiger partial charge is 1.00 e. The van der Waals surface area contributed by atoms with Crippen molar-refractivity contribution in [3.63, 3.8) is 0 Å². The fourth-order valence-corrected chi connectivity index (χ4v) is 6.94. The fraction of sp³-hybridized carbons (Fsp3) is 0.667. The predicted molar refractivity (Wildman–Crippen MR) is 94.1 cm³/mol. The van der Waals surface area contributed by atoms with Crippen LogP contribution in [0.25, 0.3) is 0 Å². The second kappa shape index (κ2) is 5.28. The van der Waals surface area contributed by atoms with E-state index in [0.29, 0.717) is 18.6 Å². The Morgan fingerprint density at radius 3 is 2.81 bits per heavy atom. The highest BCUT2D eigenvalue weighted by Gasteiger charge is 2.76. The molecule has 5 atom stereocenters. The molecule has 6 heteroatoms. The van der Waals surface area contributed by atoms with Crippen LogP contribution in [0.3, 0.4) is 0 Å². The Kier molecular flexibility index (Phi) is 3.51. The summed E-state index contributed by atoms with van der Waals surface area (Å²) in [6.07, 6.45) is 4.42. The number of rotatable bonds is 2. The first-order valence-electron chi connectivity index (χ1n) is 10.0. The van der Waals surface area contributed by atoms with Crippen molar-refractivity contribution in [3.8, 4) is 11.5 Å². The zero-order valence-corrected chi connectivity index (χ0v) is 17.2. The van der Waals surface area contributed by atoms with E-state index in [1.807, 2.05) is 6.07 Å². The minimum atomic E-state index is -0.931. The Labute approximate surface area is 169 Å². The average Bonchev–Trinajstić information content (AvgIpc) is 3.32. The topological polar surface area (TPSA) is 66.8 Å². The molecule has 0 amide bonds. The van der Waals surface area contributed by atoms with Crippen molar-refractivity contribution in [2.75, 3.05) is 20.1 Å². The van der Waals surface area contributed by atoms with Gasteiger partial charge in [-0.25, -0.2) is 0 Å². The maximum absolute atomic E-state index is 12.8. The van der Waals surface area contributed by atoms with Gasteiger partial charge in [-0.3, -0.25) is 4.79 Å². The number of ether oxygens (including phenoxy) is 1. The standard InChI is InChI=1S/C21H25NO4.BrH/c1-22(11-12-2-3-12)9-8-20-17-13-4-5-14(23)18(17)26-19(20)15(24)6-7-21(20,25)16(22)10-13;/h4-5,12,16,19,25H,2-3,6-11H2,1H3;1H/t16?,19-,20-,21+,22?;/m0./s1. The first kappa shape index (κ1) is 18.0. The number of aromatic hydroxyl groups is 1. The molecule has 1 saturated heterocycles. The molecule has 2 unspecified atom stereocenters. The van der Waals surface area contributed by atoms with Crippen molar-refractivity contribution in [2.45, 2.75) is 61.7 Å². The van der Waals surface area contributed by atoms with Crippen molar-refractivity contribution in [3.05, 3.63) is 23.3 Å². The maximum atomic E-state index is 12.8. The summed E-state index contributed by atoms with van der Waals surface area (Å²) in [6.45, 7) is 2.09. The van der Waals surface area contributed by atoms with Gasteiger partial charge in [0.1, 0.15) is 11.6 Å². The number of likely N-dealkylation sites (tertiary alicyclic amines) is 1. The van der Waals surface area contributed by atoms with E-state index in [0.717, 1.165) is 47.5 Å². The smallest absolute Gasteiger partial charge is 0.174 e. The number of phenols is 1. The van der Waals surface area contributed by atoms with E-state index in [4.69, 9.17) is 4.74 Å². The number of aliphatic hydroxyl groups is 1. The van der Waals surface area contributed by atoms with Crippen molar-refractivity contribution in [2.24, 2.45) is 5.92 Å². The highest BCUT2D eigenvalue weighted by molar-refractivity contribution is 5.90. The number of carbonyl (C=O) groups is 1. The van der Waals surface area contributed by atoms with Crippen molar-refractivity contribution >= 4 is 5.78 Å². The highest BCUT2D eigenvalue weighted by Crippen LogP contribution is 2.65. The van der Waals surface area contributed by atoms with Crippen molar-refractivity contribution < 1.29 is 41.2 Å². The first-order valence-corrected chi connectivity index (χ1v) is 10.0. The van der Waals surface area contributed by atoms with Gasteiger partial charge in [0.15, 0.2) is 23.4 Å². The molecule has 0 aromatic heterocycles. The quantitative estimate of drug-likeness (QED) is 0.565. The predicted octanol–water partition coefficient (Wildman–Crippen LogP) is -1.33. The molecule has 3 fully saturated rings. The lowest BCUT2D eigenvalue weighted by atomic mass is 9.48. The zero-order valence-electron chi connectivity index (χ0n) is 15.6. The number of hydrogen-bond acceptors (Lipinski definition) is 4. The number of carbonyl (C=O) groups excluding carboxylic acids is 1. The van der Waals surface area contributed by atoms with Crippen molar-refractivity contribution in [1.82, 2.24) is 0 Å². The fourth-order valence-electron chi connectivity index (χ4n) is 6.94. The first-order chi connectivity index (χ1) is 12.4. The molecule has 2 N–H and O–H groups in total. The second-order valence-corrected chi connectivity index (χ2v) is 9.61. The van der Waals surface area contributed by atoms with Crippen LogP contribution < -0.4 is 21.7 Å². The molecular weight excluding hydrogens is 410 g/mol. The summed E-state index contributed by atoms with van der Waals surface area (Å²) < 4.78 is 6.98. The molecule has 1 aromatic rings. The third-order valence-corrected chi connectivity index (χ3v) is 8.28. The number of Topliss-reactive ketones (excluding diaryl/α,β-unsaturated/α-hetero) is 1. The maximum Gasteiger partial charge on any atom is 0.174 e. The van der Waals surface area contributed by atoms with E-state index < -0.39 is 17.1 Å². The van der Waals surface area contributed by atoms with E-state index in [1.165, 1.54) is 12.8 Å². The summed E-state index contributed by atoms with van der Waals surface area (Å²) in [4.78, 5) is 12.8. The molecule has 5 aliphatic rings. The lowest BCUT2D eigenvalue weighted by molar-refractivity contribution is -0.950. The van der Waals surface area contributed by atoms with Gasteiger partial charge >= 0.3 is 0 Å². The minimum Gasteiger partial charge on any atom is -1.00 e. The monoisotopic (exact) mass is 435 g/mol. The number of likely N-dealkylation sites (N-methyl/N-ethyl adjacent to an activating group) is 1. The third kappa shape index (κ3) is 1.94. The Balaban J connectivity index is 0.00000160. The number of ketones is 1. The van der Waals surface area contributed by atoms with Gasteiger partial charge in [0.25, 0.3) is 0 Å². The number of halogens is 1. The number of hydrogen-bond donors (Lipinski definition) is 2. The highest BCUT2D eigenvalue weighted by atomic mass is 79.9. The van der Waals surface area contributed by atoms with Gasteiger partial charge in [-0.05, 0) is 30.9 Å². The van der Waals surface area contributed by atoms with Crippen LogP contribution in [0.2, 0.25) is 0 Å².